The fraction of sp³-hybridized carbons (Fsp3) is 0.389. The molecule has 1 aromatic heterocycles. The van der Waals surface area contributed by atoms with Gasteiger partial charge in [0.15, 0.2) is 0 Å². The molecule has 30 heavy (non-hydrogen) atoms. The highest BCUT2D eigenvalue weighted by molar-refractivity contribution is 9.10. The van der Waals surface area contributed by atoms with E-state index >= 15 is 0 Å². The Kier molecular flexibility index (Phi) is 7.11. The van der Waals surface area contributed by atoms with E-state index in [4.69, 9.17) is 15.2 Å². The number of aromatic nitrogens is 3. The Hall–Kier alpha value is -2.86. The summed E-state index contributed by atoms with van der Waals surface area (Å²) in [7, 11) is 1.51. The molecule has 0 atom stereocenters. The molecule has 10 nitrogen and oxygen atoms in total. The van der Waals surface area contributed by atoms with Gasteiger partial charge in [-0.15, -0.1) is 0 Å². The Labute approximate surface area is 179 Å². The molecule has 12 heteroatoms. The predicted octanol–water partition coefficient (Wildman–Crippen LogP) is 1.59. The highest BCUT2D eigenvalue weighted by Crippen LogP contribution is 2.35. The maximum absolute atomic E-state index is 13.1. The molecular weight excluding hydrogens is 465 g/mol. The molecule has 2 heterocycles. The van der Waals surface area contributed by atoms with Gasteiger partial charge < -0.3 is 24.8 Å². The predicted molar refractivity (Wildman–Crippen MR) is 110 cm³/mol. The summed E-state index contributed by atoms with van der Waals surface area (Å²) in [5, 5.41) is 4.01. The van der Waals surface area contributed by atoms with Gasteiger partial charge >= 0.3 is 11.8 Å². The fourth-order valence-corrected chi connectivity index (χ4v) is 3.59. The van der Waals surface area contributed by atoms with E-state index in [0.717, 1.165) is 27.9 Å². The van der Waals surface area contributed by atoms with Gasteiger partial charge in [0.05, 0.1) is 44.6 Å². The number of carbonyl (C=O) groups excluding carboxylic acids is 1. The lowest BCUT2D eigenvalue weighted by Gasteiger charge is -2.30. The van der Waals surface area contributed by atoms with Gasteiger partial charge in [0.25, 0.3) is 0 Å². The average Bonchev–Trinajstić information content (AvgIpc) is 3.11. The maximum atomic E-state index is 13.1. The standard InChI is InChI=1S/C18H21BrFN5O5/c1-28-16-7-14(23-2-4-29-5-3-23)13(19)6-15(16)24-11-22-25(18(24)27)9-12(8-20)10-30-17(21)26/h6-8,11H,2-5,9-10H2,1H3,(H2,21,26)/b12-8+. The Morgan fingerprint density at radius 3 is 2.73 bits per heavy atom. The molecule has 0 spiro atoms. The Morgan fingerprint density at radius 2 is 2.10 bits per heavy atom. The van der Waals surface area contributed by atoms with E-state index in [9.17, 15) is 14.0 Å². The van der Waals surface area contributed by atoms with Crippen molar-refractivity contribution in [1.29, 1.82) is 0 Å². The van der Waals surface area contributed by atoms with Crippen molar-refractivity contribution in [2.75, 3.05) is 44.9 Å². The van der Waals surface area contributed by atoms with Crippen LogP contribution in [0.25, 0.3) is 5.69 Å². The second kappa shape index (κ2) is 9.76. The number of amides is 1. The largest absolute Gasteiger partial charge is 0.494 e. The van der Waals surface area contributed by atoms with Crippen LogP contribution in [-0.4, -0.2) is 60.5 Å². The Morgan fingerprint density at radius 1 is 1.37 bits per heavy atom. The van der Waals surface area contributed by atoms with Crippen LogP contribution in [0.5, 0.6) is 5.75 Å². The fourth-order valence-electron chi connectivity index (χ4n) is 3.01. The molecule has 0 radical (unpaired) electrons. The van der Waals surface area contributed by atoms with Gasteiger partial charge in [0.1, 0.15) is 18.7 Å². The Bertz CT molecular complexity index is 999. The smallest absolute Gasteiger partial charge is 0.404 e. The van der Waals surface area contributed by atoms with Crippen LogP contribution in [0.3, 0.4) is 0 Å². The number of anilines is 1. The van der Waals surface area contributed by atoms with E-state index in [2.05, 4.69) is 30.7 Å². The van der Waals surface area contributed by atoms with E-state index < -0.39 is 11.8 Å². The Balaban J connectivity index is 1.90. The zero-order chi connectivity index (χ0) is 21.7. The topological polar surface area (TPSA) is 114 Å². The summed E-state index contributed by atoms with van der Waals surface area (Å²) < 4.78 is 31.6. The number of primary amides is 1. The van der Waals surface area contributed by atoms with Gasteiger partial charge in [0, 0.05) is 29.2 Å². The van der Waals surface area contributed by atoms with Crippen LogP contribution in [0.1, 0.15) is 0 Å². The highest BCUT2D eigenvalue weighted by Gasteiger charge is 2.20. The van der Waals surface area contributed by atoms with Crippen molar-refractivity contribution in [3.63, 3.8) is 0 Å². The number of hydrogen-bond acceptors (Lipinski definition) is 7. The first-order chi connectivity index (χ1) is 14.4. The van der Waals surface area contributed by atoms with Crippen LogP contribution in [0, 0.1) is 0 Å². The molecule has 0 bridgehead atoms. The van der Waals surface area contributed by atoms with Crippen molar-refractivity contribution < 1.29 is 23.4 Å². The number of benzene rings is 1. The lowest BCUT2D eigenvalue weighted by atomic mass is 10.2. The summed E-state index contributed by atoms with van der Waals surface area (Å²) in [4.78, 5) is 25.7. The number of rotatable bonds is 7. The molecule has 162 valence electrons. The molecule has 1 aliphatic rings. The first kappa shape index (κ1) is 21.8. The van der Waals surface area contributed by atoms with E-state index in [-0.39, 0.29) is 25.1 Å². The molecule has 0 unspecified atom stereocenters. The van der Waals surface area contributed by atoms with Crippen LogP contribution in [0.15, 0.2) is 39.6 Å². The van der Waals surface area contributed by atoms with Crippen molar-refractivity contribution in [2.24, 2.45) is 5.73 Å². The quantitative estimate of drug-likeness (QED) is 0.633. The third-order valence-corrected chi connectivity index (χ3v) is 5.14. The average molecular weight is 486 g/mol. The molecule has 1 saturated heterocycles. The van der Waals surface area contributed by atoms with Crippen LogP contribution in [0.2, 0.25) is 0 Å². The summed E-state index contributed by atoms with van der Waals surface area (Å²) in [5.74, 6) is 0.472. The summed E-state index contributed by atoms with van der Waals surface area (Å²) in [6.07, 6.45) is 0.524. The number of morpholine rings is 1. The van der Waals surface area contributed by atoms with E-state index in [1.807, 2.05) is 6.07 Å². The van der Waals surface area contributed by atoms with Crippen molar-refractivity contribution in [3.05, 3.63) is 45.3 Å². The van der Waals surface area contributed by atoms with Crippen molar-refractivity contribution in [2.45, 2.75) is 6.54 Å². The minimum absolute atomic E-state index is 0.0250. The number of nitrogens with zero attached hydrogens (tertiary/aromatic N) is 4. The van der Waals surface area contributed by atoms with E-state index in [1.165, 1.54) is 18.0 Å². The van der Waals surface area contributed by atoms with Gasteiger partial charge in [-0.3, -0.25) is 0 Å². The third kappa shape index (κ3) is 4.82. The molecule has 1 aliphatic heterocycles. The van der Waals surface area contributed by atoms with Gasteiger partial charge in [-0.1, -0.05) is 0 Å². The van der Waals surface area contributed by atoms with Gasteiger partial charge in [0.2, 0.25) is 0 Å². The highest BCUT2D eigenvalue weighted by atomic mass is 79.9. The lowest BCUT2D eigenvalue weighted by molar-refractivity contribution is 0.122. The number of ether oxygens (including phenoxy) is 3. The van der Waals surface area contributed by atoms with Crippen LogP contribution >= 0.6 is 15.9 Å². The minimum Gasteiger partial charge on any atom is -0.494 e. The number of hydrogen-bond donors (Lipinski definition) is 1. The molecule has 2 N–H and O–H groups in total. The molecule has 1 amide bonds. The van der Waals surface area contributed by atoms with Gasteiger partial charge in [-0.2, -0.15) is 5.10 Å². The number of nitrogens with two attached hydrogens (primary N) is 1. The number of methoxy groups -OCH3 is 1. The summed E-state index contributed by atoms with van der Waals surface area (Å²) >= 11 is 3.56. The number of halogens is 2. The maximum Gasteiger partial charge on any atom is 0.404 e. The minimum atomic E-state index is -1.04. The van der Waals surface area contributed by atoms with E-state index in [0.29, 0.717) is 24.7 Å². The van der Waals surface area contributed by atoms with Crippen molar-refractivity contribution >= 4 is 27.7 Å². The monoisotopic (exact) mass is 485 g/mol. The summed E-state index contributed by atoms with van der Waals surface area (Å²) in [6, 6.07) is 3.60. The van der Waals surface area contributed by atoms with Crippen LogP contribution in [0.4, 0.5) is 14.9 Å². The lowest BCUT2D eigenvalue weighted by Crippen LogP contribution is -2.36. The number of carbonyl (C=O) groups is 1. The SMILES string of the molecule is COc1cc(N2CCOCC2)c(Br)cc1-n1cnn(C/C(=C\F)COC(N)=O)c1=O. The molecule has 2 aromatic rings. The van der Waals surface area contributed by atoms with Gasteiger partial charge in [-0.05, 0) is 22.0 Å². The zero-order valence-corrected chi connectivity index (χ0v) is 17.8. The van der Waals surface area contributed by atoms with Crippen LogP contribution in [-0.2, 0) is 16.0 Å². The van der Waals surface area contributed by atoms with Crippen molar-refractivity contribution in [3.8, 4) is 11.4 Å². The third-order valence-electron chi connectivity index (χ3n) is 4.50. The molecule has 0 saturated carbocycles. The van der Waals surface area contributed by atoms with Crippen LogP contribution < -0.4 is 21.1 Å². The second-order valence-corrected chi connectivity index (χ2v) is 7.25. The molecular formula is C18H21BrFN5O5. The summed E-state index contributed by atoms with van der Waals surface area (Å²) in [6.45, 7) is 2.16. The van der Waals surface area contributed by atoms with Gasteiger partial charge in [-0.25, -0.2) is 23.2 Å². The normalized spacial score (nSPS) is 14.6. The second-order valence-electron chi connectivity index (χ2n) is 6.39. The molecule has 3 rings (SSSR count). The first-order valence-corrected chi connectivity index (χ1v) is 9.79. The first-order valence-electron chi connectivity index (χ1n) is 9.00. The molecule has 1 aromatic carbocycles. The summed E-state index contributed by atoms with van der Waals surface area (Å²) in [5.41, 5.74) is 5.78. The molecule has 1 fully saturated rings. The van der Waals surface area contributed by atoms with E-state index in [1.54, 1.807) is 6.07 Å². The van der Waals surface area contributed by atoms with Crippen molar-refractivity contribution in [1.82, 2.24) is 14.3 Å². The molecule has 0 aliphatic carbocycles. The zero-order valence-electron chi connectivity index (χ0n) is 16.2.